The third kappa shape index (κ3) is 2.12. The van der Waals surface area contributed by atoms with Crippen molar-refractivity contribution in [3.05, 3.63) is 131 Å². The van der Waals surface area contributed by atoms with Crippen molar-refractivity contribution in [1.82, 2.24) is 0 Å². The smallest absolute Gasteiger partial charge is 0.00139 e. The van der Waals surface area contributed by atoms with E-state index in [1.807, 2.05) is 0 Å². The SMILES string of the molecule is C1=C(c2ccccc2)C(=C2c3ccccc3-c3ccccc32)c2ccccc21. The molecular weight excluding hydrogens is 336 g/mol. The average Bonchev–Trinajstić information content (AvgIpc) is 3.30. The summed E-state index contributed by atoms with van der Waals surface area (Å²) in [5.74, 6) is 0. The predicted molar refractivity (Wildman–Crippen MR) is 119 cm³/mol. The predicted octanol–water partition coefficient (Wildman–Crippen LogP) is 7.18. The van der Waals surface area contributed by atoms with Gasteiger partial charge in [0.25, 0.3) is 0 Å². The monoisotopic (exact) mass is 354 g/mol. The molecule has 0 radical (unpaired) electrons. The lowest BCUT2D eigenvalue weighted by molar-refractivity contribution is 1.59. The molecule has 2 aliphatic rings. The lowest BCUT2D eigenvalue weighted by Gasteiger charge is -2.14. The molecule has 4 aromatic carbocycles. The Morgan fingerprint density at radius 3 is 1.50 bits per heavy atom. The van der Waals surface area contributed by atoms with Crippen LogP contribution in [0.3, 0.4) is 0 Å². The summed E-state index contributed by atoms with van der Waals surface area (Å²) in [5.41, 5.74) is 13.2. The lowest BCUT2D eigenvalue weighted by Crippen LogP contribution is -1.92. The van der Waals surface area contributed by atoms with E-state index in [0.29, 0.717) is 0 Å². The van der Waals surface area contributed by atoms with Crippen LogP contribution in [0.2, 0.25) is 0 Å². The van der Waals surface area contributed by atoms with E-state index in [1.54, 1.807) is 0 Å². The maximum absolute atomic E-state index is 2.34. The van der Waals surface area contributed by atoms with Crippen molar-refractivity contribution in [1.29, 1.82) is 0 Å². The van der Waals surface area contributed by atoms with Crippen molar-refractivity contribution in [3.63, 3.8) is 0 Å². The minimum atomic E-state index is 1.27. The molecule has 0 fully saturated rings. The molecule has 0 atom stereocenters. The van der Waals surface area contributed by atoms with Gasteiger partial charge in [-0.2, -0.15) is 0 Å². The molecule has 0 heteroatoms. The molecule has 0 aromatic heterocycles. The minimum absolute atomic E-state index is 1.27. The number of fused-ring (bicyclic) bond motifs is 4. The molecular formula is C28H18. The van der Waals surface area contributed by atoms with Crippen LogP contribution in [-0.2, 0) is 0 Å². The zero-order chi connectivity index (χ0) is 18.5. The second-order valence-corrected chi connectivity index (χ2v) is 7.35. The number of hydrogen-bond donors (Lipinski definition) is 0. The van der Waals surface area contributed by atoms with Gasteiger partial charge >= 0.3 is 0 Å². The first-order valence-electron chi connectivity index (χ1n) is 9.72. The summed E-state index contributed by atoms with van der Waals surface area (Å²) in [5, 5.41) is 0. The first-order valence-corrected chi connectivity index (χ1v) is 9.72. The van der Waals surface area contributed by atoms with Crippen LogP contribution >= 0.6 is 0 Å². The molecule has 0 saturated heterocycles. The van der Waals surface area contributed by atoms with E-state index in [0.717, 1.165) is 0 Å². The summed E-state index contributed by atoms with van der Waals surface area (Å²) in [4.78, 5) is 0. The lowest BCUT2D eigenvalue weighted by atomic mass is 9.88. The molecule has 0 nitrogen and oxygen atoms in total. The number of hydrogen-bond acceptors (Lipinski definition) is 0. The van der Waals surface area contributed by atoms with Gasteiger partial charge in [0.05, 0.1) is 0 Å². The zero-order valence-corrected chi connectivity index (χ0v) is 15.4. The average molecular weight is 354 g/mol. The van der Waals surface area contributed by atoms with Crippen LogP contribution in [0, 0.1) is 0 Å². The van der Waals surface area contributed by atoms with Crippen molar-refractivity contribution in [3.8, 4) is 11.1 Å². The van der Waals surface area contributed by atoms with Gasteiger partial charge in [0.1, 0.15) is 0 Å². The molecule has 0 unspecified atom stereocenters. The van der Waals surface area contributed by atoms with Crippen LogP contribution in [0.25, 0.3) is 33.9 Å². The molecule has 0 bridgehead atoms. The van der Waals surface area contributed by atoms with Gasteiger partial charge in [-0.25, -0.2) is 0 Å². The topological polar surface area (TPSA) is 0 Å². The molecule has 0 heterocycles. The molecule has 0 N–H and O–H groups in total. The Morgan fingerprint density at radius 1 is 0.357 bits per heavy atom. The van der Waals surface area contributed by atoms with Gasteiger partial charge in [-0.15, -0.1) is 0 Å². The number of benzene rings is 4. The van der Waals surface area contributed by atoms with Gasteiger partial charge in [-0.1, -0.05) is 103 Å². The molecule has 0 amide bonds. The summed E-state index contributed by atoms with van der Waals surface area (Å²) in [6.07, 6.45) is 2.34. The Balaban J connectivity index is 1.75. The Bertz CT molecular complexity index is 1240. The summed E-state index contributed by atoms with van der Waals surface area (Å²) in [6, 6.07) is 37.1. The maximum Gasteiger partial charge on any atom is -0.00139 e. The number of rotatable bonds is 1. The van der Waals surface area contributed by atoms with Gasteiger partial charge in [0.2, 0.25) is 0 Å². The summed E-state index contributed by atoms with van der Waals surface area (Å²) in [6.45, 7) is 0. The van der Waals surface area contributed by atoms with Gasteiger partial charge in [-0.05, 0) is 61.7 Å². The molecule has 0 saturated carbocycles. The molecule has 28 heavy (non-hydrogen) atoms. The van der Waals surface area contributed by atoms with Crippen molar-refractivity contribution in [2.45, 2.75) is 0 Å². The summed E-state index contributed by atoms with van der Waals surface area (Å²) >= 11 is 0. The van der Waals surface area contributed by atoms with Crippen molar-refractivity contribution >= 4 is 22.8 Å². The van der Waals surface area contributed by atoms with Crippen LogP contribution in [0.1, 0.15) is 27.8 Å². The van der Waals surface area contributed by atoms with Gasteiger partial charge < -0.3 is 0 Å². The zero-order valence-electron chi connectivity index (χ0n) is 15.4. The highest BCUT2D eigenvalue weighted by Crippen LogP contribution is 2.53. The molecule has 0 aliphatic heterocycles. The molecule has 4 aromatic rings. The number of allylic oxidation sites excluding steroid dienone is 2. The second kappa shape index (κ2) is 5.94. The van der Waals surface area contributed by atoms with E-state index in [-0.39, 0.29) is 0 Å². The normalized spacial score (nSPS) is 13.8. The van der Waals surface area contributed by atoms with Crippen molar-refractivity contribution < 1.29 is 0 Å². The van der Waals surface area contributed by atoms with E-state index in [4.69, 9.17) is 0 Å². The summed E-state index contributed by atoms with van der Waals surface area (Å²) < 4.78 is 0. The highest BCUT2D eigenvalue weighted by molar-refractivity contribution is 6.28. The molecule has 0 spiro atoms. The van der Waals surface area contributed by atoms with Crippen LogP contribution in [-0.4, -0.2) is 0 Å². The third-order valence-corrected chi connectivity index (χ3v) is 5.82. The quantitative estimate of drug-likeness (QED) is 0.299. The second-order valence-electron chi connectivity index (χ2n) is 7.35. The van der Waals surface area contributed by atoms with Crippen LogP contribution in [0.4, 0.5) is 0 Å². The summed E-state index contributed by atoms with van der Waals surface area (Å²) in [7, 11) is 0. The van der Waals surface area contributed by atoms with E-state index in [9.17, 15) is 0 Å². The third-order valence-electron chi connectivity index (χ3n) is 5.82. The molecule has 130 valence electrons. The minimum Gasteiger partial charge on any atom is -0.0622 e. The van der Waals surface area contributed by atoms with Crippen LogP contribution < -0.4 is 0 Å². The fourth-order valence-corrected chi connectivity index (χ4v) is 4.62. The van der Waals surface area contributed by atoms with Gasteiger partial charge in [0, 0.05) is 0 Å². The fraction of sp³-hybridized carbons (Fsp3) is 0. The van der Waals surface area contributed by atoms with Crippen molar-refractivity contribution in [2.24, 2.45) is 0 Å². The van der Waals surface area contributed by atoms with Crippen LogP contribution in [0.5, 0.6) is 0 Å². The Hall–Kier alpha value is -3.64. The van der Waals surface area contributed by atoms with Gasteiger partial charge in [-0.3, -0.25) is 0 Å². The van der Waals surface area contributed by atoms with E-state index in [2.05, 4.69) is 109 Å². The molecule has 6 rings (SSSR count). The fourth-order valence-electron chi connectivity index (χ4n) is 4.62. The Kier molecular flexibility index (Phi) is 3.27. The highest BCUT2D eigenvalue weighted by Gasteiger charge is 2.30. The van der Waals surface area contributed by atoms with E-state index in [1.165, 1.54) is 55.7 Å². The standard InChI is InChI=1S/C28H18/c1-2-10-19(11-3-1)26-18-20-12-4-5-13-21(20)27(26)28-24-16-8-6-14-22(24)23-15-7-9-17-25(23)28/h1-18H. The Labute approximate surface area is 165 Å². The van der Waals surface area contributed by atoms with E-state index < -0.39 is 0 Å². The van der Waals surface area contributed by atoms with Crippen molar-refractivity contribution in [2.75, 3.05) is 0 Å². The largest absolute Gasteiger partial charge is 0.0622 e. The van der Waals surface area contributed by atoms with E-state index >= 15 is 0 Å². The highest BCUT2D eigenvalue weighted by atomic mass is 14.3. The Morgan fingerprint density at radius 2 is 0.857 bits per heavy atom. The van der Waals surface area contributed by atoms with Crippen LogP contribution in [0.15, 0.2) is 103 Å². The maximum atomic E-state index is 2.34. The van der Waals surface area contributed by atoms with Gasteiger partial charge in [0.15, 0.2) is 0 Å². The molecule has 2 aliphatic carbocycles. The first kappa shape index (κ1) is 15.4. The first-order chi connectivity index (χ1) is 13.9.